The first-order valence-corrected chi connectivity index (χ1v) is 8.15. The number of furan rings is 1. The molecule has 2 aromatic heterocycles. The third-order valence-electron chi connectivity index (χ3n) is 3.83. The Morgan fingerprint density at radius 3 is 2.68 bits per heavy atom. The number of carbonyl (C=O) groups excluding carboxylic acids is 2. The molecule has 1 N–H and O–H groups in total. The van der Waals surface area contributed by atoms with Crippen LogP contribution in [0.5, 0.6) is 5.75 Å². The molecule has 0 unspecified atom stereocenters. The van der Waals surface area contributed by atoms with Gasteiger partial charge in [-0.15, -0.1) is 0 Å². The molecule has 0 saturated carbocycles. The highest BCUT2D eigenvalue weighted by molar-refractivity contribution is 6.02. The Labute approximate surface area is 160 Å². The molecule has 2 heterocycles. The second kappa shape index (κ2) is 8.09. The molecule has 3 aromatic rings. The number of ether oxygens (including phenoxy) is 2. The summed E-state index contributed by atoms with van der Waals surface area (Å²) in [7, 11) is 2.93. The topological polar surface area (TPSA) is 119 Å². The first-order valence-electron chi connectivity index (χ1n) is 8.15. The van der Waals surface area contributed by atoms with Crippen molar-refractivity contribution in [2.45, 2.75) is 6.61 Å². The summed E-state index contributed by atoms with van der Waals surface area (Å²) in [5, 5.41) is 15.6. The first kappa shape index (κ1) is 18.7. The van der Waals surface area contributed by atoms with E-state index in [0.717, 1.165) is 0 Å². The number of esters is 1. The van der Waals surface area contributed by atoms with Crippen molar-refractivity contribution in [3.05, 3.63) is 65.2 Å². The summed E-state index contributed by atoms with van der Waals surface area (Å²) in [6, 6.07) is 11.5. The average Bonchev–Trinajstić information content (AvgIpc) is 3.33. The lowest BCUT2D eigenvalue weighted by molar-refractivity contribution is 0.0600. The van der Waals surface area contributed by atoms with Gasteiger partial charge in [0.05, 0.1) is 18.9 Å². The molecule has 0 aliphatic carbocycles. The number of hydrogen-bond acceptors (Lipinski definition) is 7. The Bertz CT molecular complexity index is 1040. The van der Waals surface area contributed by atoms with E-state index in [-0.39, 0.29) is 23.7 Å². The van der Waals surface area contributed by atoms with Crippen LogP contribution in [-0.4, -0.2) is 28.8 Å². The van der Waals surface area contributed by atoms with Gasteiger partial charge in [-0.05, 0) is 36.4 Å². The maximum absolute atomic E-state index is 12.3. The van der Waals surface area contributed by atoms with Gasteiger partial charge < -0.3 is 19.2 Å². The predicted molar refractivity (Wildman–Crippen MR) is 96.7 cm³/mol. The minimum Gasteiger partial charge on any atom is -0.486 e. The SMILES string of the molecule is COC(=O)c1ccc(OCc2ccc(C(=O)Nc3c(C#N)cnn3C)o2)cc1. The van der Waals surface area contributed by atoms with Gasteiger partial charge in [0.15, 0.2) is 5.76 Å². The Kier molecular flexibility index (Phi) is 5.41. The highest BCUT2D eigenvalue weighted by atomic mass is 16.5. The molecule has 3 rings (SSSR count). The highest BCUT2D eigenvalue weighted by Gasteiger charge is 2.16. The van der Waals surface area contributed by atoms with Crippen LogP contribution in [0.25, 0.3) is 0 Å². The van der Waals surface area contributed by atoms with Crippen molar-refractivity contribution in [2.75, 3.05) is 12.4 Å². The number of carbonyl (C=O) groups is 2. The molecule has 0 bridgehead atoms. The van der Waals surface area contributed by atoms with E-state index in [1.54, 1.807) is 37.4 Å². The molecule has 0 aliphatic heterocycles. The second-order valence-electron chi connectivity index (χ2n) is 5.67. The predicted octanol–water partition coefficient (Wildman–Crippen LogP) is 2.50. The number of anilines is 1. The van der Waals surface area contributed by atoms with Gasteiger partial charge in [-0.25, -0.2) is 4.79 Å². The smallest absolute Gasteiger partial charge is 0.337 e. The van der Waals surface area contributed by atoms with Crippen molar-refractivity contribution in [1.82, 2.24) is 9.78 Å². The first-order chi connectivity index (χ1) is 13.5. The second-order valence-corrected chi connectivity index (χ2v) is 5.67. The van der Waals surface area contributed by atoms with E-state index in [1.165, 1.54) is 24.1 Å². The van der Waals surface area contributed by atoms with Crippen LogP contribution in [0.1, 0.15) is 32.2 Å². The van der Waals surface area contributed by atoms with Gasteiger partial charge in [0.25, 0.3) is 5.91 Å². The van der Waals surface area contributed by atoms with Gasteiger partial charge in [0, 0.05) is 7.05 Å². The number of nitrogens with one attached hydrogen (secondary N) is 1. The summed E-state index contributed by atoms with van der Waals surface area (Å²) in [5.74, 6) is 0.392. The van der Waals surface area contributed by atoms with E-state index in [0.29, 0.717) is 17.1 Å². The van der Waals surface area contributed by atoms with Crippen LogP contribution in [0, 0.1) is 11.3 Å². The van der Waals surface area contributed by atoms with Gasteiger partial charge in [-0.1, -0.05) is 0 Å². The minimum absolute atomic E-state index is 0.0738. The van der Waals surface area contributed by atoms with E-state index in [1.807, 2.05) is 6.07 Å². The van der Waals surface area contributed by atoms with Crippen LogP contribution in [0.4, 0.5) is 5.82 Å². The van der Waals surface area contributed by atoms with Gasteiger partial charge >= 0.3 is 5.97 Å². The van der Waals surface area contributed by atoms with Crippen LogP contribution >= 0.6 is 0 Å². The number of rotatable bonds is 6. The number of aryl methyl sites for hydroxylation is 1. The largest absolute Gasteiger partial charge is 0.486 e. The van der Waals surface area contributed by atoms with Crippen molar-refractivity contribution in [1.29, 1.82) is 5.26 Å². The number of nitriles is 1. The molecule has 142 valence electrons. The quantitative estimate of drug-likeness (QED) is 0.652. The molecule has 28 heavy (non-hydrogen) atoms. The maximum atomic E-state index is 12.3. The van der Waals surface area contributed by atoms with Crippen molar-refractivity contribution in [2.24, 2.45) is 7.05 Å². The van der Waals surface area contributed by atoms with Crippen molar-refractivity contribution in [3.8, 4) is 11.8 Å². The normalized spacial score (nSPS) is 10.2. The number of aromatic nitrogens is 2. The van der Waals surface area contributed by atoms with E-state index in [2.05, 4.69) is 15.2 Å². The van der Waals surface area contributed by atoms with E-state index >= 15 is 0 Å². The third-order valence-corrected chi connectivity index (χ3v) is 3.83. The number of benzene rings is 1. The fraction of sp³-hybridized carbons (Fsp3) is 0.158. The fourth-order valence-corrected chi connectivity index (χ4v) is 2.37. The lowest BCUT2D eigenvalue weighted by Gasteiger charge is -2.06. The van der Waals surface area contributed by atoms with Gasteiger partial charge in [0.2, 0.25) is 0 Å². The Morgan fingerprint density at radius 2 is 2.00 bits per heavy atom. The fourth-order valence-electron chi connectivity index (χ4n) is 2.37. The van der Waals surface area contributed by atoms with Gasteiger partial charge in [-0.2, -0.15) is 10.4 Å². The summed E-state index contributed by atoms with van der Waals surface area (Å²) in [5.41, 5.74) is 0.667. The summed E-state index contributed by atoms with van der Waals surface area (Å²) in [4.78, 5) is 23.7. The monoisotopic (exact) mass is 380 g/mol. The van der Waals surface area contributed by atoms with Gasteiger partial charge in [0.1, 0.15) is 35.6 Å². The number of amides is 1. The minimum atomic E-state index is -0.506. The van der Waals surface area contributed by atoms with Crippen LogP contribution < -0.4 is 10.1 Å². The van der Waals surface area contributed by atoms with Crippen LogP contribution in [0.15, 0.2) is 47.0 Å². The molecule has 0 fully saturated rings. The summed E-state index contributed by atoms with van der Waals surface area (Å²) in [6.45, 7) is 0.0972. The Balaban J connectivity index is 1.61. The van der Waals surface area contributed by atoms with Crippen LogP contribution in [0.2, 0.25) is 0 Å². The molecule has 0 aliphatic rings. The lowest BCUT2D eigenvalue weighted by atomic mass is 10.2. The summed E-state index contributed by atoms with van der Waals surface area (Å²) < 4.78 is 17.1. The highest BCUT2D eigenvalue weighted by Crippen LogP contribution is 2.18. The van der Waals surface area contributed by atoms with Crippen molar-refractivity contribution >= 4 is 17.7 Å². The zero-order chi connectivity index (χ0) is 20.1. The molecule has 1 aromatic carbocycles. The number of nitrogens with zero attached hydrogens (tertiary/aromatic N) is 3. The number of hydrogen-bond donors (Lipinski definition) is 1. The van der Waals surface area contributed by atoms with Crippen molar-refractivity contribution < 1.29 is 23.5 Å². The maximum Gasteiger partial charge on any atom is 0.337 e. The third kappa shape index (κ3) is 4.02. The molecule has 9 heteroatoms. The standard InChI is InChI=1S/C19H16N4O5/c1-23-17(13(9-20)10-21-23)22-18(24)16-8-7-15(28-16)11-27-14-5-3-12(4-6-14)19(25)26-2/h3-8,10H,11H2,1-2H3,(H,22,24). The van der Waals surface area contributed by atoms with Crippen LogP contribution in [0.3, 0.4) is 0 Å². The van der Waals surface area contributed by atoms with Crippen molar-refractivity contribution in [3.63, 3.8) is 0 Å². The Morgan fingerprint density at radius 1 is 1.25 bits per heavy atom. The molecular weight excluding hydrogens is 364 g/mol. The summed E-state index contributed by atoms with van der Waals surface area (Å²) in [6.07, 6.45) is 1.36. The molecule has 0 atom stereocenters. The molecule has 0 spiro atoms. The van der Waals surface area contributed by atoms with Crippen LogP contribution in [-0.2, 0) is 18.4 Å². The molecule has 0 radical (unpaired) electrons. The van der Waals surface area contributed by atoms with E-state index in [4.69, 9.17) is 14.4 Å². The molecule has 0 saturated heterocycles. The van der Waals surface area contributed by atoms with E-state index < -0.39 is 11.9 Å². The average molecular weight is 380 g/mol. The lowest BCUT2D eigenvalue weighted by Crippen LogP contribution is -2.14. The zero-order valence-corrected chi connectivity index (χ0v) is 15.1. The number of methoxy groups -OCH3 is 1. The molecule has 1 amide bonds. The zero-order valence-electron chi connectivity index (χ0n) is 15.1. The molecule has 9 nitrogen and oxygen atoms in total. The summed E-state index contributed by atoms with van der Waals surface area (Å²) >= 11 is 0. The van der Waals surface area contributed by atoms with Gasteiger partial charge in [-0.3, -0.25) is 9.48 Å². The molecular formula is C19H16N4O5. The Hall–Kier alpha value is -4.06. The van der Waals surface area contributed by atoms with E-state index in [9.17, 15) is 9.59 Å².